The monoisotopic (exact) mass is 282 g/mol. The van der Waals surface area contributed by atoms with E-state index < -0.39 is 5.82 Å². The average Bonchev–Trinajstić information content (AvgIpc) is 2.40. The van der Waals surface area contributed by atoms with Crippen LogP contribution in [0.3, 0.4) is 0 Å². The second kappa shape index (κ2) is 6.01. The van der Waals surface area contributed by atoms with Gasteiger partial charge in [0.25, 0.3) is 0 Å². The van der Waals surface area contributed by atoms with E-state index in [-0.39, 0.29) is 18.4 Å². The Bertz CT molecular complexity index is 608. The van der Waals surface area contributed by atoms with Crippen molar-refractivity contribution in [2.45, 2.75) is 6.61 Å². The zero-order valence-corrected chi connectivity index (χ0v) is 10.3. The Balaban J connectivity index is 2.09. The molecule has 2 rings (SSSR count). The first-order valence-corrected chi connectivity index (χ1v) is 5.43. The Morgan fingerprint density at radius 1 is 1.42 bits per heavy atom. The lowest BCUT2D eigenvalue weighted by molar-refractivity contribution is 0.279. The van der Waals surface area contributed by atoms with E-state index in [1.807, 2.05) is 0 Å². The van der Waals surface area contributed by atoms with Crippen molar-refractivity contribution in [3.63, 3.8) is 0 Å². The second-order valence-corrected chi connectivity index (χ2v) is 3.70. The molecular formula is C10H8ClFN6O. The predicted molar refractivity (Wildman–Crippen MR) is 64.3 cm³/mol. The number of ether oxygens (including phenoxy) is 1. The van der Waals surface area contributed by atoms with Crippen molar-refractivity contribution in [2.75, 3.05) is 0 Å². The van der Waals surface area contributed by atoms with Crippen molar-refractivity contribution < 1.29 is 9.13 Å². The van der Waals surface area contributed by atoms with Crippen LogP contribution in [0.4, 0.5) is 10.2 Å². The van der Waals surface area contributed by atoms with Gasteiger partial charge in [0, 0.05) is 6.20 Å². The number of rotatable bonds is 4. The number of nitrogens with zero attached hydrogens (tertiary/aromatic N) is 5. The molecule has 0 spiro atoms. The maximum atomic E-state index is 13.2. The molecule has 0 saturated carbocycles. The first kappa shape index (κ1) is 13.1. The third-order valence-electron chi connectivity index (χ3n) is 2.01. The van der Waals surface area contributed by atoms with E-state index in [1.54, 1.807) is 18.3 Å². The molecule has 2 N–H and O–H groups in total. The first-order valence-electron chi connectivity index (χ1n) is 5.05. The summed E-state index contributed by atoms with van der Waals surface area (Å²) in [6.45, 7) is 0.160. The fraction of sp³-hybridized carbons (Fsp3) is 0.100. The fourth-order valence-electron chi connectivity index (χ4n) is 1.22. The quantitative estimate of drug-likeness (QED) is 0.401. The standard InChI is InChI=1S/C10H8ClFN6O/c11-8-3-6(1-2-14-8)5-19-10-15-4-7(12)9(16-10)17-18-13/h1-4H,5H2,(H2,13,15,16,17). The summed E-state index contributed by atoms with van der Waals surface area (Å²) in [5.74, 6) is 3.80. The summed E-state index contributed by atoms with van der Waals surface area (Å²) >= 11 is 5.73. The summed E-state index contributed by atoms with van der Waals surface area (Å²) in [6, 6.07) is 3.30. The molecule has 0 amide bonds. The third-order valence-corrected chi connectivity index (χ3v) is 2.22. The normalized spacial score (nSPS) is 10.8. The average molecular weight is 283 g/mol. The minimum atomic E-state index is -0.742. The molecule has 0 aliphatic carbocycles. The summed E-state index contributed by atoms with van der Waals surface area (Å²) < 4.78 is 18.4. The molecule has 0 radical (unpaired) electrons. The fourth-order valence-corrected chi connectivity index (χ4v) is 1.41. The Morgan fingerprint density at radius 2 is 2.26 bits per heavy atom. The van der Waals surface area contributed by atoms with Crippen LogP contribution in [0.2, 0.25) is 5.15 Å². The molecular weight excluding hydrogens is 275 g/mol. The summed E-state index contributed by atoms with van der Waals surface area (Å²) in [6.07, 6.45) is 2.46. The third kappa shape index (κ3) is 3.55. The van der Waals surface area contributed by atoms with Crippen molar-refractivity contribution >= 4 is 17.4 Å². The van der Waals surface area contributed by atoms with Crippen LogP contribution in [0.5, 0.6) is 6.01 Å². The van der Waals surface area contributed by atoms with Gasteiger partial charge in [-0.05, 0) is 17.7 Å². The molecule has 2 aromatic rings. The number of pyridine rings is 1. The van der Waals surface area contributed by atoms with Gasteiger partial charge in [0.05, 0.1) is 6.20 Å². The lowest BCUT2D eigenvalue weighted by Gasteiger charge is -2.04. The van der Waals surface area contributed by atoms with Crippen molar-refractivity contribution in [1.82, 2.24) is 15.0 Å². The molecule has 0 aliphatic rings. The molecule has 2 aromatic heterocycles. The van der Waals surface area contributed by atoms with Crippen LogP contribution in [0.25, 0.3) is 0 Å². The predicted octanol–water partition coefficient (Wildman–Crippen LogP) is 2.20. The highest BCUT2D eigenvalue weighted by atomic mass is 35.5. The van der Waals surface area contributed by atoms with Crippen LogP contribution in [0.1, 0.15) is 5.56 Å². The molecule has 0 fully saturated rings. The van der Waals surface area contributed by atoms with Gasteiger partial charge in [0.1, 0.15) is 11.8 Å². The first-order chi connectivity index (χ1) is 9.19. The highest BCUT2D eigenvalue weighted by molar-refractivity contribution is 6.29. The van der Waals surface area contributed by atoms with Gasteiger partial charge in [-0.3, -0.25) is 0 Å². The summed E-state index contributed by atoms with van der Waals surface area (Å²) in [7, 11) is 0. The zero-order valence-electron chi connectivity index (χ0n) is 9.49. The minimum Gasteiger partial charge on any atom is -0.459 e. The van der Waals surface area contributed by atoms with Gasteiger partial charge in [-0.25, -0.2) is 14.4 Å². The van der Waals surface area contributed by atoms with Crippen molar-refractivity contribution in [3.8, 4) is 6.01 Å². The van der Waals surface area contributed by atoms with Gasteiger partial charge in [0.2, 0.25) is 5.82 Å². The number of aromatic nitrogens is 3. The topological polar surface area (TPSA) is 98.6 Å². The molecule has 19 heavy (non-hydrogen) atoms. The van der Waals surface area contributed by atoms with Gasteiger partial charge < -0.3 is 10.6 Å². The van der Waals surface area contributed by atoms with Crippen LogP contribution in [-0.4, -0.2) is 15.0 Å². The van der Waals surface area contributed by atoms with Gasteiger partial charge in [-0.1, -0.05) is 16.8 Å². The van der Waals surface area contributed by atoms with Crippen molar-refractivity contribution in [2.24, 2.45) is 16.2 Å². The maximum absolute atomic E-state index is 13.2. The van der Waals surface area contributed by atoms with Gasteiger partial charge in [-0.2, -0.15) is 4.98 Å². The number of halogens is 2. The van der Waals surface area contributed by atoms with Crippen LogP contribution >= 0.6 is 11.6 Å². The highest BCUT2D eigenvalue weighted by Gasteiger charge is 2.07. The number of nitrogens with two attached hydrogens (primary N) is 1. The van der Waals surface area contributed by atoms with E-state index in [1.165, 1.54) is 0 Å². The van der Waals surface area contributed by atoms with Gasteiger partial charge in [0.15, 0.2) is 5.82 Å². The van der Waals surface area contributed by atoms with Gasteiger partial charge >= 0.3 is 6.01 Å². The Kier molecular flexibility index (Phi) is 4.14. The van der Waals surface area contributed by atoms with Crippen LogP contribution in [0, 0.1) is 5.82 Å². The molecule has 98 valence electrons. The van der Waals surface area contributed by atoms with E-state index in [2.05, 4.69) is 25.3 Å². The summed E-state index contributed by atoms with van der Waals surface area (Å²) in [5, 5.41) is 6.60. The zero-order chi connectivity index (χ0) is 13.7. The molecule has 0 saturated heterocycles. The lowest BCUT2D eigenvalue weighted by Crippen LogP contribution is -2.00. The second-order valence-electron chi connectivity index (χ2n) is 3.32. The van der Waals surface area contributed by atoms with Crippen LogP contribution in [-0.2, 0) is 6.61 Å². The highest BCUT2D eigenvalue weighted by Crippen LogP contribution is 2.17. The smallest absolute Gasteiger partial charge is 0.318 e. The molecule has 0 bridgehead atoms. The van der Waals surface area contributed by atoms with E-state index in [0.29, 0.717) is 5.15 Å². The molecule has 7 nitrogen and oxygen atoms in total. The Morgan fingerprint density at radius 3 is 3.00 bits per heavy atom. The van der Waals surface area contributed by atoms with Crippen molar-refractivity contribution in [3.05, 3.63) is 41.1 Å². The van der Waals surface area contributed by atoms with E-state index in [0.717, 1.165) is 11.8 Å². The largest absolute Gasteiger partial charge is 0.459 e. The lowest BCUT2D eigenvalue weighted by atomic mass is 10.3. The van der Waals surface area contributed by atoms with E-state index in [9.17, 15) is 4.39 Å². The molecule has 0 unspecified atom stereocenters. The van der Waals surface area contributed by atoms with Crippen LogP contribution in [0.15, 0.2) is 34.9 Å². The molecule has 9 heteroatoms. The number of hydrogen-bond donors (Lipinski definition) is 1. The summed E-state index contributed by atoms with van der Waals surface area (Å²) in [5.41, 5.74) is 0.773. The molecule has 0 atom stereocenters. The molecule has 0 aliphatic heterocycles. The SMILES string of the molecule is NN=Nc1nc(OCc2ccnc(Cl)c2)ncc1F. The minimum absolute atomic E-state index is 0.0447. The Hall–Kier alpha value is -2.35. The number of hydrogen-bond acceptors (Lipinski definition) is 6. The van der Waals surface area contributed by atoms with Crippen LogP contribution < -0.4 is 10.6 Å². The van der Waals surface area contributed by atoms with E-state index in [4.69, 9.17) is 22.2 Å². The van der Waals surface area contributed by atoms with E-state index >= 15 is 0 Å². The molecule has 2 heterocycles. The van der Waals surface area contributed by atoms with Gasteiger partial charge in [-0.15, -0.1) is 5.11 Å². The summed E-state index contributed by atoms with van der Waals surface area (Å²) in [4.78, 5) is 11.2. The molecule has 0 aromatic carbocycles. The van der Waals surface area contributed by atoms with Crippen molar-refractivity contribution in [1.29, 1.82) is 0 Å². The Labute approximate surface area is 112 Å². The maximum Gasteiger partial charge on any atom is 0.318 e.